The van der Waals surface area contributed by atoms with E-state index in [-0.39, 0.29) is 32.7 Å². The van der Waals surface area contributed by atoms with E-state index in [1.807, 2.05) is 62.4 Å². The first-order chi connectivity index (χ1) is 11.9. The molecule has 3 aromatic rings. The van der Waals surface area contributed by atoms with Crippen molar-refractivity contribution >= 4 is 22.7 Å². The minimum absolute atomic E-state index is 0. The Morgan fingerprint density at radius 3 is 2.64 bits per heavy atom. The van der Waals surface area contributed by atoms with Crippen LogP contribution >= 0.6 is 0 Å². The van der Waals surface area contributed by atoms with Gasteiger partial charge in [0.15, 0.2) is 0 Å². The summed E-state index contributed by atoms with van der Waals surface area (Å²) in [6.07, 6.45) is 7.85. The zero-order valence-electron chi connectivity index (χ0n) is 14.4. The van der Waals surface area contributed by atoms with E-state index in [1.54, 1.807) is 6.20 Å². The molecule has 0 aliphatic rings. The van der Waals surface area contributed by atoms with Crippen LogP contribution in [0.3, 0.4) is 0 Å². The van der Waals surface area contributed by atoms with Crippen molar-refractivity contribution in [1.82, 2.24) is 20.4 Å². The first kappa shape index (κ1) is 21.2. The van der Waals surface area contributed by atoms with E-state index >= 15 is 0 Å². The van der Waals surface area contributed by atoms with Crippen LogP contribution in [0.15, 0.2) is 60.9 Å². The van der Waals surface area contributed by atoms with Crippen molar-refractivity contribution in [3.8, 4) is 0 Å². The van der Waals surface area contributed by atoms with Crippen LogP contribution in [-0.4, -0.2) is 21.5 Å². The number of nitrogens with one attached hydrogen (secondary N) is 1. The third-order valence-corrected chi connectivity index (χ3v) is 3.12. The van der Waals surface area contributed by atoms with Gasteiger partial charge in [0.1, 0.15) is 5.82 Å². The Labute approximate surface area is 173 Å². The Kier molecular flexibility index (Phi) is 9.84. The van der Waals surface area contributed by atoms with Gasteiger partial charge < -0.3 is 20.3 Å². The number of anilines is 2. The summed E-state index contributed by atoms with van der Waals surface area (Å²) in [5.41, 5.74) is 4.85. The molecule has 1 aromatic carbocycles. The molecule has 3 N–H and O–H groups in total. The van der Waals surface area contributed by atoms with E-state index in [2.05, 4.69) is 31.5 Å². The van der Waals surface area contributed by atoms with Crippen molar-refractivity contribution < 1.29 is 32.7 Å². The fourth-order valence-electron chi connectivity index (χ4n) is 2.12. The van der Waals surface area contributed by atoms with Gasteiger partial charge in [0.05, 0.1) is 0 Å². The molecule has 127 valence electrons. The zero-order chi connectivity index (χ0) is 17.2. The third-order valence-electron chi connectivity index (χ3n) is 3.12. The monoisotopic (exact) mass is 410 g/mol. The maximum Gasteiger partial charge on any atom is 0.116 e. The largest absolute Gasteiger partial charge is 0.432 e. The predicted octanol–water partition coefficient (Wildman–Crippen LogP) is 2.96. The summed E-state index contributed by atoms with van der Waals surface area (Å²) in [7, 11) is 0. The molecule has 2 aromatic heterocycles. The fourth-order valence-corrected chi connectivity index (χ4v) is 2.12. The molecule has 0 amide bonds. The Morgan fingerprint density at radius 2 is 1.92 bits per heavy atom. The molecule has 0 fully saturated rings. The average Bonchev–Trinajstić information content (AvgIpc) is 2.67. The van der Waals surface area contributed by atoms with E-state index < -0.39 is 0 Å². The third kappa shape index (κ3) is 5.85. The van der Waals surface area contributed by atoms with Crippen LogP contribution in [-0.2, 0) is 32.7 Å². The molecule has 0 bridgehead atoms. The van der Waals surface area contributed by atoms with Crippen LogP contribution in [0.4, 0.5) is 11.5 Å². The molecule has 3 rings (SSSR count). The molecule has 1 radical (unpaired) electrons. The predicted molar refractivity (Wildman–Crippen MR) is 97.4 cm³/mol. The van der Waals surface area contributed by atoms with Crippen LogP contribution in [0, 0.1) is 6.20 Å². The molecular formula is C18H21N6Y-. The van der Waals surface area contributed by atoms with Crippen molar-refractivity contribution in [2.75, 3.05) is 11.4 Å². The summed E-state index contributed by atoms with van der Waals surface area (Å²) in [4.78, 5) is 15.0. The molecule has 0 unspecified atom stereocenters. The van der Waals surface area contributed by atoms with Crippen molar-refractivity contribution in [2.24, 2.45) is 5.84 Å². The van der Waals surface area contributed by atoms with E-state index in [1.165, 1.54) is 6.20 Å². The number of hydrogen-bond donors (Lipinski definition) is 2. The maximum atomic E-state index is 5.27. The number of nitrogens with two attached hydrogens (primary N) is 1. The number of nitrogens with zero attached hydrogens (tertiary/aromatic N) is 4. The van der Waals surface area contributed by atoms with Gasteiger partial charge >= 0.3 is 0 Å². The van der Waals surface area contributed by atoms with Gasteiger partial charge in [0.2, 0.25) is 0 Å². The average molecular weight is 410 g/mol. The first-order valence-electron chi connectivity index (χ1n) is 7.82. The summed E-state index contributed by atoms with van der Waals surface area (Å²) in [5.74, 6) is 6.06. The Bertz CT molecular complexity index is 779. The number of fused-ring (bicyclic) bond motifs is 1. The van der Waals surface area contributed by atoms with E-state index in [0.29, 0.717) is 12.2 Å². The summed E-state index contributed by atoms with van der Waals surface area (Å²) in [6.45, 7) is 4.62. The van der Waals surface area contributed by atoms with Gasteiger partial charge in [-0.15, -0.1) is 6.20 Å². The Morgan fingerprint density at radius 1 is 1.16 bits per heavy atom. The van der Waals surface area contributed by atoms with E-state index in [0.717, 1.165) is 17.0 Å². The minimum atomic E-state index is 0. The van der Waals surface area contributed by atoms with Crippen molar-refractivity contribution in [3.05, 3.63) is 67.1 Å². The SMILES string of the molecule is CC.NNC=CCN(c1ccccc1)c1ccc2nc[c-]nc2n1.[Y]. The maximum absolute atomic E-state index is 5.27. The molecule has 6 nitrogen and oxygen atoms in total. The van der Waals surface area contributed by atoms with Crippen LogP contribution in [0.2, 0.25) is 0 Å². The van der Waals surface area contributed by atoms with E-state index in [4.69, 9.17) is 5.84 Å². The minimum Gasteiger partial charge on any atom is -0.432 e. The second kappa shape index (κ2) is 11.6. The molecular weight excluding hydrogens is 389 g/mol. The molecule has 0 aliphatic carbocycles. The van der Waals surface area contributed by atoms with Gasteiger partial charge in [0.25, 0.3) is 0 Å². The quantitative estimate of drug-likeness (QED) is 0.383. The Balaban J connectivity index is 0.00000101. The molecule has 0 spiro atoms. The first-order valence-corrected chi connectivity index (χ1v) is 7.82. The van der Waals surface area contributed by atoms with Gasteiger partial charge in [-0.05, 0) is 36.5 Å². The van der Waals surface area contributed by atoms with Crippen molar-refractivity contribution in [3.63, 3.8) is 0 Å². The second-order valence-electron chi connectivity index (χ2n) is 4.53. The topological polar surface area (TPSA) is 80.0 Å². The summed E-state index contributed by atoms with van der Waals surface area (Å²) < 4.78 is 0. The molecule has 2 heterocycles. The molecule has 25 heavy (non-hydrogen) atoms. The Hall–Kier alpha value is -1.89. The van der Waals surface area contributed by atoms with Gasteiger partial charge in [-0.3, -0.25) is 10.8 Å². The van der Waals surface area contributed by atoms with Crippen LogP contribution in [0.5, 0.6) is 0 Å². The number of hydrazine groups is 1. The standard InChI is InChI=1S/C16H15N6.C2H6.Y/c17-20-9-4-12-22(13-5-2-1-3-6-13)15-8-7-14-16(21-15)19-11-10-18-14;1-2;/h1-10,20H,12,17H2;1-2H3;/q-1;;. The van der Waals surface area contributed by atoms with Gasteiger partial charge in [0, 0.05) is 62.3 Å². The molecule has 0 atom stereocenters. The summed E-state index contributed by atoms with van der Waals surface area (Å²) in [5, 5.41) is 0. The normalized spacial score (nSPS) is 9.88. The van der Waals surface area contributed by atoms with Gasteiger partial charge in [-0.1, -0.05) is 32.0 Å². The number of benzene rings is 1. The van der Waals surface area contributed by atoms with E-state index in [9.17, 15) is 0 Å². The van der Waals surface area contributed by atoms with Gasteiger partial charge in [-0.25, -0.2) is 0 Å². The van der Waals surface area contributed by atoms with Gasteiger partial charge in [-0.2, -0.15) is 0 Å². The number of hydrogen-bond acceptors (Lipinski definition) is 6. The zero-order valence-corrected chi connectivity index (χ0v) is 17.3. The summed E-state index contributed by atoms with van der Waals surface area (Å²) >= 11 is 0. The fraction of sp³-hybridized carbons (Fsp3) is 0.167. The number of rotatable bonds is 5. The number of para-hydroxylation sites is 1. The van der Waals surface area contributed by atoms with Crippen LogP contribution in [0.1, 0.15) is 13.8 Å². The van der Waals surface area contributed by atoms with Crippen molar-refractivity contribution in [2.45, 2.75) is 13.8 Å². The molecule has 7 heteroatoms. The number of aromatic nitrogens is 3. The smallest absolute Gasteiger partial charge is 0.116 e. The summed E-state index contributed by atoms with van der Waals surface area (Å²) in [6, 6.07) is 13.8. The molecule has 0 saturated carbocycles. The molecule has 0 aliphatic heterocycles. The molecule has 0 saturated heterocycles. The second-order valence-corrected chi connectivity index (χ2v) is 4.53. The van der Waals surface area contributed by atoms with Crippen LogP contribution in [0.25, 0.3) is 11.2 Å². The van der Waals surface area contributed by atoms with Crippen molar-refractivity contribution in [1.29, 1.82) is 0 Å². The van der Waals surface area contributed by atoms with Crippen LogP contribution < -0.4 is 16.2 Å². The number of pyridine rings is 1.